The van der Waals surface area contributed by atoms with Crippen molar-refractivity contribution in [1.29, 1.82) is 0 Å². The molecule has 0 bridgehead atoms. The highest BCUT2D eigenvalue weighted by Crippen LogP contribution is 2.28. The van der Waals surface area contributed by atoms with Crippen LogP contribution in [0.2, 0.25) is 0 Å². The van der Waals surface area contributed by atoms with E-state index in [-0.39, 0.29) is 0 Å². The van der Waals surface area contributed by atoms with Crippen molar-refractivity contribution in [2.24, 2.45) is 11.8 Å². The molecular formula is C16H31NO. The van der Waals surface area contributed by atoms with Gasteiger partial charge in [-0.25, -0.2) is 0 Å². The van der Waals surface area contributed by atoms with Gasteiger partial charge in [-0.1, -0.05) is 26.2 Å². The second-order valence-corrected chi connectivity index (χ2v) is 6.55. The van der Waals surface area contributed by atoms with Crippen LogP contribution < -0.4 is 5.32 Å². The molecule has 2 N–H and O–H groups in total. The highest BCUT2D eigenvalue weighted by molar-refractivity contribution is 4.82. The Balaban J connectivity index is 1.70. The number of hydrogen-bond donors (Lipinski definition) is 2. The van der Waals surface area contributed by atoms with E-state index in [0.717, 1.165) is 18.0 Å². The molecule has 0 aromatic rings. The monoisotopic (exact) mass is 253 g/mol. The topological polar surface area (TPSA) is 32.3 Å². The molecule has 2 rings (SSSR count). The molecule has 2 aliphatic rings. The first-order valence-corrected chi connectivity index (χ1v) is 8.18. The molecule has 2 nitrogen and oxygen atoms in total. The van der Waals surface area contributed by atoms with Gasteiger partial charge in [-0.15, -0.1) is 0 Å². The zero-order valence-electron chi connectivity index (χ0n) is 12.0. The number of hydrogen-bond acceptors (Lipinski definition) is 2. The van der Waals surface area contributed by atoms with Crippen LogP contribution in [0.1, 0.15) is 71.1 Å². The molecule has 0 aromatic heterocycles. The summed E-state index contributed by atoms with van der Waals surface area (Å²) in [7, 11) is 0. The lowest BCUT2D eigenvalue weighted by molar-refractivity contribution is 0.170. The minimum atomic E-state index is 0.397. The lowest BCUT2D eigenvalue weighted by atomic mass is 9.86. The van der Waals surface area contributed by atoms with Crippen LogP contribution in [0.3, 0.4) is 0 Å². The molecule has 2 atom stereocenters. The summed E-state index contributed by atoms with van der Waals surface area (Å²) in [6.07, 6.45) is 13.4. The van der Waals surface area contributed by atoms with Crippen molar-refractivity contribution in [3.63, 3.8) is 0 Å². The van der Waals surface area contributed by atoms with E-state index in [2.05, 4.69) is 12.2 Å². The van der Waals surface area contributed by atoms with Gasteiger partial charge < -0.3 is 10.4 Å². The molecule has 0 aliphatic heterocycles. The molecular weight excluding hydrogens is 222 g/mol. The Labute approximate surface area is 113 Å². The Bertz CT molecular complexity index is 223. The Morgan fingerprint density at radius 3 is 2.06 bits per heavy atom. The van der Waals surface area contributed by atoms with Crippen LogP contribution in [-0.4, -0.2) is 23.8 Å². The van der Waals surface area contributed by atoms with Crippen molar-refractivity contribution in [2.75, 3.05) is 6.61 Å². The second-order valence-electron chi connectivity index (χ2n) is 6.55. The normalized spacial score (nSPS) is 38.3. The van der Waals surface area contributed by atoms with Crippen molar-refractivity contribution in [1.82, 2.24) is 5.32 Å². The van der Waals surface area contributed by atoms with E-state index in [4.69, 9.17) is 0 Å². The minimum absolute atomic E-state index is 0.397. The Kier molecular flexibility index (Phi) is 5.97. The number of aliphatic hydroxyl groups is 1. The van der Waals surface area contributed by atoms with E-state index in [1.54, 1.807) is 0 Å². The Morgan fingerprint density at radius 1 is 0.833 bits per heavy atom. The lowest BCUT2D eigenvalue weighted by Crippen LogP contribution is -2.40. The first kappa shape index (κ1) is 14.3. The third-order valence-electron chi connectivity index (χ3n) is 5.24. The molecule has 0 aromatic carbocycles. The van der Waals surface area contributed by atoms with Crippen LogP contribution in [-0.2, 0) is 0 Å². The molecule has 0 heterocycles. The number of aliphatic hydroxyl groups excluding tert-OH is 1. The third-order valence-corrected chi connectivity index (χ3v) is 5.24. The fraction of sp³-hybridized carbons (Fsp3) is 1.00. The SMILES string of the molecule is CCC1CCCC(NC2CCC(CO)CC2)CC1. The summed E-state index contributed by atoms with van der Waals surface area (Å²) in [6.45, 7) is 2.74. The molecule has 106 valence electrons. The summed E-state index contributed by atoms with van der Waals surface area (Å²) >= 11 is 0. The standard InChI is InChI=1S/C16H31NO/c1-2-13-4-3-5-15(9-6-13)17-16-10-7-14(12-18)8-11-16/h13-18H,2-12H2,1H3. The smallest absolute Gasteiger partial charge is 0.0459 e. The molecule has 2 saturated carbocycles. The van der Waals surface area contributed by atoms with E-state index in [9.17, 15) is 5.11 Å². The molecule has 0 spiro atoms. The van der Waals surface area contributed by atoms with E-state index in [1.807, 2.05) is 0 Å². The number of rotatable bonds is 4. The zero-order valence-corrected chi connectivity index (χ0v) is 12.0. The fourth-order valence-corrected chi connectivity index (χ4v) is 3.80. The van der Waals surface area contributed by atoms with Crippen molar-refractivity contribution >= 4 is 0 Å². The summed E-state index contributed by atoms with van der Waals surface area (Å²) in [6, 6.07) is 1.51. The number of nitrogens with one attached hydrogen (secondary N) is 1. The van der Waals surface area contributed by atoms with Gasteiger partial charge in [-0.2, -0.15) is 0 Å². The van der Waals surface area contributed by atoms with Gasteiger partial charge in [0.05, 0.1) is 0 Å². The van der Waals surface area contributed by atoms with Gasteiger partial charge in [0.2, 0.25) is 0 Å². The molecule has 2 aliphatic carbocycles. The Morgan fingerprint density at radius 2 is 1.44 bits per heavy atom. The first-order valence-electron chi connectivity index (χ1n) is 8.18. The lowest BCUT2D eigenvalue weighted by Gasteiger charge is -2.31. The van der Waals surface area contributed by atoms with Gasteiger partial charge in [-0.05, 0) is 56.8 Å². The largest absolute Gasteiger partial charge is 0.396 e. The van der Waals surface area contributed by atoms with Gasteiger partial charge >= 0.3 is 0 Å². The molecule has 2 unspecified atom stereocenters. The van der Waals surface area contributed by atoms with Crippen LogP contribution in [0.25, 0.3) is 0 Å². The summed E-state index contributed by atoms with van der Waals surface area (Å²) < 4.78 is 0. The van der Waals surface area contributed by atoms with Crippen molar-refractivity contribution in [2.45, 2.75) is 83.2 Å². The fourth-order valence-electron chi connectivity index (χ4n) is 3.80. The van der Waals surface area contributed by atoms with E-state index < -0.39 is 0 Å². The van der Waals surface area contributed by atoms with Crippen LogP contribution in [0.15, 0.2) is 0 Å². The van der Waals surface area contributed by atoms with Crippen LogP contribution in [0, 0.1) is 11.8 Å². The predicted octanol–water partition coefficient (Wildman–Crippen LogP) is 3.49. The summed E-state index contributed by atoms with van der Waals surface area (Å²) in [4.78, 5) is 0. The van der Waals surface area contributed by atoms with Crippen LogP contribution in [0.4, 0.5) is 0 Å². The maximum Gasteiger partial charge on any atom is 0.0459 e. The van der Waals surface area contributed by atoms with Crippen molar-refractivity contribution in [3.05, 3.63) is 0 Å². The van der Waals surface area contributed by atoms with E-state index >= 15 is 0 Å². The average Bonchev–Trinajstić information content (AvgIpc) is 2.65. The molecule has 18 heavy (non-hydrogen) atoms. The summed E-state index contributed by atoms with van der Waals surface area (Å²) in [5.41, 5.74) is 0. The highest BCUT2D eigenvalue weighted by Gasteiger charge is 2.24. The van der Waals surface area contributed by atoms with Gasteiger partial charge in [0.1, 0.15) is 0 Å². The molecule has 0 radical (unpaired) electrons. The van der Waals surface area contributed by atoms with Gasteiger partial charge in [0.25, 0.3) is 0 Å². The van der Waals surface area contributed by atoms with E-state index in [0.29, 0.717) is 12.5 Å². The molecule has 0 amide bonds. The zero-order chi connectivity index (χ0) is 12.8. The molecule has 2 fully saturated rings. The maximum atomic E-state index is 9.17. The highest BCUT2D eigenvalue weighted by atomic mass is 16.3. The van der Waals surface area contributed by atoms with Crippen molar-refractivity contribution in [3.8, 4) is 0 Å². The Hall–Kier alpha value is -0.0800. The summed E-state index contributed by atoms with van der Waals surface area (Å²) in [5.74, 6) is 1.57. The quantitative estimate of drug-likeness (QED) is 0.752. The molecule has 2 heteroatoms. The van der Waals surface area contributed by atoms with Gasteiger partial charge in [-0.3, -0.25) is 0 Å². The first-order chi connectivity index (χ1) is 8.81. The third kappa shape index (κ3) is 4.24. The van der Waals surface area contributed by atoms with Crippen molar-refractivity contribution < 1.29 is 5.11 Å². The molecule has 0 saturated heterocycles. The predicted molar refractivity (Wildman–Crippen MR) is 76.6 cm³/mol. The maximum absolute atomic E-state index is 9.17. The summed E-state index contributed by atoms with van der Waals surface area (Å²) in [5, 5.41) is 13.1. The van der Waals surface area contributed by atoms with E-state index in [1.165, 1.54) is 64.2 Å². The van der Waals surface area contributed by atoms with Crippen LogP contribution in [0.5, 0.6) is 0 Å². The van der Waals surface area contributed by atoms with Gasteiger partial charge in [0.15, 0.2) is 0 Å². The second kappa shape index (κ2) is 7.49. The van der Waals surface area contributed by atoms with Gasteiger partial charge in [0, 0.05) is 18.7 Å². The minimum Gasteiger partial charge on any atom is -0.396 e. The average molecular weight is 253 g/mol. The van der Waals surface area contributed by atoms with Crippen LogP contribution >= 0.6 is 0 Å².